The van der Waals surface area contributed by atoms with E-state index in [1.165, 1.54) is 12.4 Å². The average molecular weight is 193 g/mol. The van der Waals surface area contributed by atoms with Crippen LogP contribution in [0.4, 0.5) is 11.4 Å². The maximum atomic E-state index is 10.6. The first-order valence-corrected chi connectivity index (χ1v) is 4.08. The summed E-state index contributed by atoms with van der Waals surface area (Å²) < 4.78 is 0. The second-order valence-electron chi connectivity index (χ2n) is 2.96. The molecule has 0 aliphatic heterocycles. The number of rotatable bonds is 4. The largest absolute Gasteiger partial charge is 0.376 e. The van der Waals surface area contributed by atoms with Gasteiger partial charge in [0.1, 0.15) is 11.9 Å². The average Bonchev–Trinajstić information content (AvgIpc) is 2.15. The highest BCUT2D eigenvalue weighted by Gasteiger charge is 2.11. The van der Waals surface area contributed by atoms with Crippen LogP contribution in [0.25, 0.3) is 0 Å². The molecule has 1 heterocycles. The Hall–Kier alpha value is -1.91. The number of pyridine rings is 1. The van der Waals surface area contributed by atoms with Crippen LogP contribution in [-0.2, 0) is 0 Å². The normalized spacial score (nSPS) is 9.50. The molecule has 74 valence electrons. The summed E-state index contributed by atoms with van der Waals surface area (Å²) in [5, 5.41) is 13.5. The third-order valence-electron chi connectivity index (χ3n) is 1.58. The van der Waals surface area contributed by atoms with Crippen LogP contribution in [0.5, 0.6) is 0 Å². The Kier molecular flexibility index (Phi) is 3.17. The van der Waals surface area contributed by atoms with E-state index < -0.39 is 4.92 Å². The van der Waals surface area contributed by atoms with E-state index in [9.17, 15) is 10.1 Å². The quantitative estimate of drug-likeness (QED) is 0.451. The van der Waals surface area contributed by atoms with E-state index in [-0.39, 0.29) is 5.69 Å². The van der Waals surface area contributed by atoms with Gasteiger partial charge in [-0.05, 0) is 13.0 Å². The molecule has 1 rings (SSSR count). The predicted octanol–water partition coefficient (Wildman–Crippen LogP) is 1.98. The summed E-state index contributed by atoms with van der Waals surface area (Å²) in [5.74, 6) is 0. The fraction of sp³-hybridized carbons (Fsp3) is 0.222. The molecule has 5 nitrogen and oxygen atoms in total. The van der Waals surface area contributed by atoms with Gasteiger partial charge in [0.25, 0.3) is 0 Å². The molecule has 1 aromatic rings. The van der Waals surface area contributed by atoms with Gasteiger partial charge in [-0.2, -0.15) is 0 Å². The van der Waals surface area contributed by atoms with Crippen molar-refractivity contribution >= 4 is 11.4 Å². The first kappa shape index (κ1) is 10.2. The molecule has 0 saturated carbocycles. The summed E-state index contributed by atoms with van der Waals surface area (Å²) in [6.45, 7) is 6.06. The first-order chi connectivity index (χ1) is 6.61. The third-order valence-corrected chi connectivity index (χ3v) is 1.58. The maximum Gasteiger partial charge on any atom is 0.310 e. The molecule has 0 fully saturated rings. The molecule has 0 aliphatic carbocycles. The molecule has 0 amide bonds. The van der Waals surface area contributed by atoms with E-state index >= 15 is 0 Å². The molecule has 5 heteroatoms. The lowest BCUT2D eigenvalue weighted by Crippen LogP contribution is -2.04. The van der Waals surface area contributed by atoms with Gasteiger partial charge in [-0.15, -0.1) is 0 Å². The van der Waals surface area contributed by atoms with Gasteiger partial charge in [0, 0.05) is 12.7 Å². The van der Waals surface area contributed by atoms with Gasteiger partial charge in [-0.1, -0.05) is 12.2 Å². The van der Waals surface area contributed by atoms with Crippen molar-refractivity contribution in [2.24, 2.45) is 0 Å². The molecular weight excluding hydrogens is 182 g/mol. The first-order valence-electron chi connectivity index (χ1n) is 4.08. The highest BCUT2D eigenvalue weighted by molar-refractivity contribution is 5.59. The fourth-order valence-electron chi connectivity index (χ4n) is 0.927. The van der Waals surface area contributed by atoms with Crippen molar-refractivity contribution < 1.29 is 4.92 Å². The van der Waals surface area contributed by atoms with E-state index in [0.29, 0.717) is 12.2 Å². The Morgan fingerprint density at radius 3 is 3.07 bits per heavy atom. The zero-order valence-corrected chi connectivity index (χ0v) is 7.86. The molecule has 0 spiro atoms. The van der Waals surface area contributed by atoms with Crippen molar-refractivity contribution in [3.05, 3.63) is 40.7 Å². The molecule has 1 aromatic heterocycles. The molecule has 0 radical (unpaired) electrons. The van der Waals surface area contributed by atoms with Gasteiger partial charge in [0.05, 0.1) is 4.92 Å². The lowest BCUT2D eigenvalue weighted by Gasteiger charge is -2.05. The smallest absolute Gasteiger partial charge is 0.310 e. The Morgan fingerprint density at radius 2 is 2.50 bits per heavy atom. The topological polar surface area (TPSA) is 68.1 Å². The van der Waals surface area contributed by atoms with E-state index in [1.54, 1.807) is 6.07 Å². The highest BCUT2D eigenvalue weighted by atomic mass is 16.6. The molecule has 0 aliphatic rings. The van der Waals surface area contributed by atoms with Crippen LogP contribution in [-0.4, -0.2) is 16.5 Å². The summed E-state index contributed by atoms with van der Waals surface area (Å²) in [6.07, 6.45) is 2.73. The van der Waals surface area contributed by atoms with E-state index in [0.717, 1.165) is 5.57 Å². The van der Waals surface area contributed by atoms with Crippen LogP contribution >= 0.6 is 0 Å². The zero-order valence-electron chi connectivity index (χ0n) is 7.86. The van der Waals surface area contributed by atoms with Crippen molar-refractivity contribution in [3.8, 4) is 0 Å². The van der Waals surface area contributed by atoms with Crippen molar-refractivity contribution in [2.45, 2.75) is 6.92 Å². The van der Waals surface area contributed by atoms with Gasteiger partial charge in [-0.25, -0.2) is 0 Å². The molecule has 0 saturated heterocycles. The van der Waals surface area contributed by atoms with Gasteiger partial charge >= 0.3 is 5.69 Å². The number of hydrogen-bond donors (Lipinski definition) is 1. The number of hydrogen-bond acceptors (Lipinski definition) is 4. The minimum Gasteiger partial charge on any atom is -0.376 e. The minimum atomic E-state index is -0.465. The molecule has 1 N–H and O–H groups in total. The van der Waals surface area contributed by atoms with Crippen molar-refractivity contribution in [1.82, 2.24) is 4.98 Å². The van der Waals surface area contributed by atoms with Crippen LogP contribution in [0, 0.1) is 10.1 Å². The minimum absolute atomic E-state index is 0.0197. The number of anilines is 1. The monoisotopic (exact) mass is 193 g/mol. The summed E-state index contributed by atoms with van der Waals surface area (Å²) in [7, 11) is 0. The summed E-state index contributed by atoms with van der Waals surface area (Å²) in [4.78, 5) is 13.8. The number of nitrogens with zero attached hydrogens (tertiary/aromatic N) is 2. The van der Waals surface area contributed by atoms with E-state index in [4.69, 9.17) is 0 Å². The van der Waals surface area contributed by atoms with Crippen LogP contribution in [0.15, 0.2) is 30.6 Å². The Balaban J connectivity index is 2.84. The molecule has 0 atom stereocenters. The second kappa shape index (κ2) is 4.36. The third kappa shape index (κ3) is 2.55. The van der Waals surface area contributed by atoms with E-state index in [2.05, 4.69) is 16.9 Å². The lowest BCUT2D eigenvalue weighted by molar-refractivity contribution is -0.384. The number of nitro groups is 1. The fourth-order valence-corrected chi connectivity index (χ4v) is 0.927. The number of aromatic nitrogens is 1. The SMILES string of the molecule is C=C(C)CNc1ccncc1[N+](=O)[O-]. The molecular formula is C9H11N3O2. The van der Waals surface area contributed by atoms with Crippen molar-refractivity contribution in [2.75, 3.05) is 11.9 Å². The van der Waals surface area contributed by atoms with Crippen molar-refractivity contribution in [3.63, 3.8) is 0 Å². The van der Waals surface area contributed by atoms with Crippen LogP contribution in [0.2, 0.25) is 0 Å². The Bertz CT molecular complexity index is 363. The predicted molar refractivity (Wildman–Crippen MR) is 54.2 cm³/mol. The summed E-state index contributed by atoms with van der Waals surface area (Å²) in [5.41, 5.74) is 1.36. The lowest BCUT2D eigenvalue weighted by atomic mass is 10.3. The highest BCUT2D eigenvalue weighted by Crippen LogP contribution is 2.21. The zero-order chi connectivity index (χ0) is 10.6. The van der Waals surface area contributed by atoms with Crippen LogP contribution < -0.4 is 5.32 Å². The molecule has 0 aromatic carbocycles. The molecule has 14 heavy (non-hydrogen) atoms. The van der Waals surface area contributed by atoms with E-state index in [1.807, 2.05) is 6.92 Å². The van der Waals surface area contributed by atoms with Gasteiger partial charge in [0.15, 0.2) is 0 Å². The summed E-state index contributed by atoms with van der Waals surface area (Å²) in [6, 6.07) is 1.57. The number of nitrogens with one attached hydrogen (secondary N) is 1. The van der Waals surface area contributed by atoms with Gasteiger partial charge in [-0.3, -0.25) is 15.1 Å². The Labute approximate surface area is 81.6 Å². The summed E-state index contributed by atoms with van der Waals surface area (Å²) >= 11 is 0. The van der Waals surface area contributed by atoms with Crippen LogP contribution in [0.1, 0.15) is 6.92 Å². The Morgan fingerprint density at radius 1 is 1.79 bits per heavy atom. The molecule has 0 bridgehead atoms. The maximum absolute atomic E-state index is 10.6. The van der Waals surface area contributed by atoms with Gasteiger partial charge < -0.3 is 5.32 Å². The van der Waals surface area contributed by atoms with Gasteiger partial charge in [0.2, 0.25) is 0 Å². The van der Waals surface area contributed by atoms with Crippen LogP contribution in [0.3, 0.4) is 0 Å². The van der Waals surface area contributed by atoms with Crippen molar-refractivity contribution in [1.29, 1.82) is 0 Å². The second-order valence-corrected chi connectivity index (χ2v) is 2.96. The molecule has 0 unspecified atom stereocenters. The standard InChI is InChI=1S/C9H11N3O2/c1-7(2)5-11-8-3-4-10-6-9(8)12(13)14/h3-4,6H,1,5H2,2H3,(H,10,11).